The molecule has 184 valence electrons. The fourth-order valence-electron chi connectivity index (χ4n) is 3.51. The Kier molecular flexibility index (Phi) is 9.09. The smallest absolute Gasteiger partial charge is 0.319 e. The van der Waals surface area contributed by atoms with Crippen molar-refractivity contribution in [3.63, 3.8) is 0 Å². The number of hydrogen-bond acceptors (Lipinski definition) is 8. The molecule has 1 aromatic carbocycles. The molecule has 0 fully saturated rings. The molecule has 0 saturated heterocycles. The zero-order chi connectivity index (χ0) is 25.5. The standard InChI is InChI=1S/C23H21Cl2N3O6S/c1-3-33-20-15(24)7-12(8-16(20)25)18-14(9-26)22(28-21(30)19(18)23(31)32-2)35-11-17(29)27-10-13-5-4-6-34-13/h4-8,18-19H,3,10-11H2,1-2H3,(H,27,29)(H,28,30)/t18-,19+/m1/s1. The number of furan rings is 1. The molecule has 2 heterocycles. The van der Waals surface area contributed by atoms with Crippen LogP contribution in [-0.2, 0) is 25.7 Å². The van der Waals surface area contributed by atoms with Gasteiger partial charge in [0.05, 0.1) is 59.0 Å². The zero-order valence-corrected chi connectivity index (χ0v) is 21.1. The van der Waals surface area contributed by atoms with Gasteiger partial charge in [-0.25, -0.2) is 0 Å². The Hall–Kier alpha value is -3.13. The minimum atomic E-state index is -1.36. The summed E-state index contributed by atoms with van der Waals surface area (Å²) in [4.78, 5) is 37.8. The Morgan fingerprint density at radius 3 is 2.60 bits per heavy atom. The lowest BCUT2D eigenvalue weighted by Crippen LogP contribution is -2.44. The van der Waals surface area contributed by atoms with Gasteiger partial charge in [-0.05, 0) is 36.8 Å². The second-order valence-corrected chi connectivity index (χ2v) is 9.01. The number of esters is 1. The number of benzene rings is 1. The number of carbonyl (C=O) groups excluding carboxylic acids is 3. The van der Waals surface area contributed by atoms with Crippen LogP contribution in [0.1, 0.15) is 24.2 Å². The highest BCUT2D eigenvalue weighted by Gasteiger charge is 2.44. The van der Waals surface area contributed by atoms with E-state index in [0.717, 1.165) is 18.9 Å². The molecule has 12 heteroatoms. The molecule has 0 radical (unpaired) electrons. The summed E-state index contributed by atoms with van der Waals surface area (Å²) >= 11 is 13.7. The van der Waals surface area contributed by atoms with Crippen molar-refractivity contribution in [3.8, 4) is 11.8 Å². The van der Waals surface area contributed by atoms with Crippen molar-refractivity contribution in [2.45, 2.75) is 19.4 Å². The summed E-state index contributed by atoms with van der Waals surface area (Å²) in [5, 5.41) is 15.7. The van der Waals surface area contributed by atoms with Gasteiger partial charge in [-0.1, -0.05) is 35.0 Å². The molecule has 2 aromatic rings. The maximum Gasteiger partial charge on any atom is 0.319 e. The summed E-state index contributed by atoms with van der Waals surface area (Å²) < 4.78 is 15.4. The van der Waals surface area contributed by atoms with Crippen LogP contribution in [0.3, 0.4) is 0 Å². The highest BCUT2D eigenvalue weighted by Crippen LogP contribution is 2.44. The van der Waals surface area contributed by atoms with Crippen molar-refractivity contribution in [2.75, 3.05) is 19.5 Å². The van der Waals surface area contributed by atoms with Gasteiger partial charge in [-0.15, -0.1) is 0 Å². The zero-order valence-electron chi connectivity index (χ0n) is 18.7. The van der Waals surface area contributed by atoms with Crippen molar-refractivity contribution in [1.82, 2.24) is 10.6 Å². The van der Waals surface area contributed by atoms with Crippen LogP contribution >= 0.6 is 35.0 Å². The first-order valence-electron chi connectivity index (χ1n) is 10.4. The van der Waals surface area contributed by atoms with Gasteiger partial charge in [-0.2, -0.15) is 5.26 Å². The molecule has 0 unspecified atom stereocenters. The van der Waals surface area contributed by atoms with Crippen molar-refractivity contribution in [1.29, 1.82) is 5.26 Å². The topological polar surface area (TPSA) is 131 Å². The number of nitrogens with zero attached hydrogens (tertiary/aromatic N) is 1. The third kappa shape index (κ3) is 6.11. The van der Waals surface area contributed by atoms with Gasteiger partial charge in [0, 0.05) is 5.92 Å². The average Bonchev–Trinajstić information content (AvgIpc) is 3.36. The molecule has 1 aliphatic rings. The van der Waals surface area contributed by atoms with E-state index in [1.807, 2.05) is 0 Å². The van der Waals surface area contributed by atoms with E-state index in [2.05, 4.69) is 16.7 Å². The van der Waals surface area contributed by atoms with Gasteiger partial charge in [-0.3, -0.25) is 14.4 Å². The number of hydrogen-bond donors (Lipinski definition) is 2. The van der Waals surface area contributed by atoms with Crippen molar-refractivity contribution >= 4 is 52.7 Å². The van der Waals surface area contributed by atoms with Gasteiger partial charge in [0.2, 0.25) is 11.8 Å². The Morgan fingerprint density at radius 2 is 2.03 bits per heavy atom. The molecule has 1 aliphatic heterocycles. The lowest BCUT2D eigenvalue weighted by Gasteiger charge is -2.31. The summed E-state index contributed by atoms with van der Waals surface area (Å²) in [5.74, 6) is -3.53. The van der Waals surface area contributed by atoms with Crippen molar-refractivity contribution in [2.24, 2.45) is 5.92 Å². The second-order valence-electron chi connectivity index (χ2n) is 7.21. The van der Waals surface area contributed by atoms with E-state index >= 15 is 0 Å². The van der Waals surface area contributed by atoms with Crippen LogP contribution in [0.15, 0.2) is 45.5 Å². The number of nitriles is 1. The van der Waals surface area contributed by atoms with Crippen molar-refractivity contribution in [3.05, 3.63) is 62.5 Å². The third-order valence-corrected chi connectivity index (χ3v) is 6.62. The summed E-state index contributed by atoms with van der Waals surface area (Å²) in [6.07, 6.45) is 1.50. The lowest BCUT2D eigenvalue weighted by atomic mass is 9.78. The van der Waals surface area contributed by atoms with Crippen LogP contribution in [0.4, 0.5) is 0 Å². The quantitative estimate of drug-likeness (QED) is 0.365. The van der Waals surface area contributed by atoms with Crippen molar-refractivity contribution < 1.29 is 28.3 Å². The van der Waals surface area contributed by atoms with Crippen LogP contribution in [0, 0.1) is 17.2 Å². The highest BCUT2D eigenvalue weighted by atomic mass is 35.5. The minimum Gasteiger partial charge on any atom is -0.491 e. The molecule has 35 heavy (non-hydrogen) atoms. The van der Waals surface area contributed by atoms with Gasteiger partial charge >= 0.3 is 5.97 Å². The normalized spacial score (nSPS) is 17.4. The molecule has 1 aromatic heterocycles. The van der Waals surface area contributed by atoms with Crippen LogP contribution in [0.2, 0.25) is 10.0 Å². The van der Waals surface area contributed by atoms with Gasteiger partial charge in [0.25, 0.3) is 0 Å². The summed E-state index contributed by atoms with van der Waals surface area (Å²) in [6.45, 7) is 2.28. The third-order valence-electron chi connectivity index (χ3n) is 5.04. The molecule has 3 rings (SSSR count). The van der Waals surface area contributed by atoms with Crippen LogP contribution < -0.4 is 15.4 Å². The Labute approximate surface area is 215 Å². The molecule has 0 spiro atoms. The lowest BCUT2D eigenvalue weighted by molar-refractivity contribution is -0.150. The molecule has 0 aliphatic carbocycles. The summed E-state index contributed by atoms with van der Waals surface area (Å²) in [6, 6.07) is 8.47. The van der Waals surface area contributed by atoms with E-state index in [0.29, 0.717) is 17.9 Å². The number of thioether (sulfide) groups is 1. The molecule has 9 nitrogen and oxygen atoms in total. The van der Waals surface area contributed by atoms with Crippen LogP contribution in [0.25, 0.3) is 0 Å². The molecule has 2 atom stereocenters. The van der Waals surface area contributed by atoms with E-state index in [4.69, 9.17) is 37.1 Å². The number of halogens is 2. The number of rotatable bonds is 9. The Balaban J connectivity index is 1.93. The number of ether oxygens (including phenoxy) is 2. The SMILES string of the molecule is CCOc1c(Cl)cc([C@@H]2C(C#N)=C(SCC(=O)NCc3ccco3)NC(=O)[C@H]2C(=O)OC)cc1Cl. The maximum absolute atomic E-state index is 12.9. The molecule has 2 N–H and O–H groups in total. The molecular weight excluding hydrogens is 517 g/mol. The molecule has 2 amide bonds. The Morgan fingerprint density at radius 1 is 1.31 bits per heavy atom. The van der Waals surface area contributed by atoms with E-state index in [1.165, 1.54) is 18.4 Å². The van der Waals surface area contributed by atoms with Gasteiger partial charge in [0.1, 0.15) is 11.7 Å². The predicted molar refractivity (Wildman–Crippen MR) is 130 cm³/mol. The number of allylic oxidation sites excluding steroid dienone is 1. The molecular formula is C23H21Cl2N3O6S. The molecule has 0 bridgehead atoms. The first-order chi connectivity index (χ1) is 16.8. The minimum absolute atomic E-state index is 0.0696. The second kappa shape index (κ2) is 12.0. The van der Waals surface area contributed by atoms with E-state index < -0.39 is 23.7 Å². The predicted octanol–water partition coefficient (Wildman–Crippen LogP) is 3.77. The van der Waals surface area contributed by atoms with E-state index in [9.17, 15) is 19.6 Å². The summed E-state index contributed by atoms with van der Waals surface area (Å²) in [7, 11) is 1.15. The first-order valence-corrected chi connectivity index (χ1v) is 12.1. The number of nitrogens with one attached hydrogen (secondary N) is 2. The van der Waals surface area contributed by atoms with Gasteiger partial charge < -0.3 is 24.5 Å². The average molecular weight is 538 g/mol. The van der Waals surface area contributed by atoms with Crippen LogP contribution in [0.5, 0.6) is 5.75 Å². The fraction of sp³-hybridized carbons (Fsp3) is 0.304. The van der Waals surface area contributed by atoms with E-state index in [1.54, 1.807) is 19.1 Å². The van der Waals surface area contributed by atoms with Gasteiger partial charge in [0.15, 0.2) is 5.75 Å². The fourth-order valence-corrected chi connectivity index (χ4v) is 5.00. The highest BCUT2D eigenvalue weighted by molar-refractivity contribution is 8.03. The Bertz CT molecular complexity index is 1170. The summed E-state index contributed by atoms with van der Waals surface area (Å²) in [5.41, 5.74) is 0.422. The molecule has 0 saturated carbocycles. The monoisotopic (exact) mass is 537 g/mol. The maximum atomic E-state index is 12.9. The van der Waals surface area contributed by atoms with E-state index in [-0.39, 0.29) is 44.6 Å². The number of methoxy groups -OCH3 is 1. The largest absolute Gasteiger partial charge is 0.491 e. The number of carbonyl (C=O) groups is 3. The van der Waals surface area contributed by atoms with Crippen LogP contribution in [-0.4, -0.2) is 37.3 Å². The number of amides is 2. The first kappa shape index (κ1) is 26.5.